The zero-order valence-electron chi connectivity index (χ0n) is 20.3. The van der Waals surface area contributed by atoms with Gasteiger partial charge in [0.1, 0.15) is 6.61 Å². The molecule has 0 saturated carbocycles. The lowest BCUT2D eigenvalue weighted by molar-refractivity contribution is -0.122. The number of benzene rings is 3. The lowest BCUT2D eigenvalue weighted by Crippen LogP contribution is -2.28. The van der Waals surface area contributed by atoms with Gasteiger partial charge < -0.3 is 9.47 Å². The number of methoxy groups -OCH3 is 1. The smallest absolute Gasteiger partial charge is 0.266 e. The van der Waals surface area contributed by atoms with Crippen LogP contribution in [0.4, 0.5) is 5.69 Å². The van der Waals surface area contributed by atoms with Crippen molar-refractivity contribution < 1.29 is 14.3 Å². The molecule has 5 nitrogen and oxygen atoms in total. The van der Waals surface area contributed by atoms with Crippen molar-refractivity contribution in [1.82, 2.24) is 4.90 Å². The highest BCUT2D eigenvalue weighted by molar-refractivity contribution is 8.18. The number of aryl methyl sites for hydroxylation is 1. The van der Waals surface area contributed by atoms with Crippen LogP contribution in [0.3, 0.4) is 0 Å². The van der Waals surface area contributed by atoms with Gasteiger partial charge in [0.25, 0.3) is 5.91 Å². The van der Waals surface area contributed by atoms with Gasteiger partial charge >= 0.3 is 0 Å². The fourth-order valence-corrected chi connectivity index (χ4v) is 5.29. The number of para-hydroxylation sites is 2. The third kappa shape index (κ3) is 5.72. The number of amides is 1. The van der Waals surface area contributed by atoms with Crippen LogP contribution in [0.15, 0.2) is 70.6 Å². The standard InChI is InChI=1S/C28H26Cl2N2O3S/c1-4-18-9-6-7-11-23(18)31-28-32(5-2)27(33)25(36-28)15-19-10-8-12-24(34-3)26(19)35-17-20-13-14-21(29)16-22(20)30/h6-16H,4-5,17H2,1-3H3/b25-15+,31-28?. The Hall–Kier alpha value is -2.93. The Balaban J connectivity index is 1.67. The number of thioether (sulfide) groups is 1. The third-order valence-corrected chi connectivity index (χ3v) is 7.29. The molecule has 0 aromatic heterocycles. The van der Waals surface area contributed by atoms with E-state index in [1.165, 1.54) is 11.8 Å². The van der Waals surface area contributed by atoms with Gasteiger partial charge in [0, 0.05) is 27.7 Å². The Morgan fingerprint density at radius 3 is 2.56 bits per heavy atom. The maximum absolute atomic E-state index is 13.3. The molecule has 4 rings (SSSR count). The largest absolute Gasteiger partial charge is 0.493 e. The number of carbonyl (C=O) groups excluding carboxylic acids is 1. The number of nitrogens with zero attached hydrogens (tertiary/aromatic N) is 2. The average molecular weight is 542 g/mol. The zero-order chi connectivity index (χ0) is 25.7. The van der Waals surface area contributed by atoms with E-state index >= 15 is 0 Å². The fourth-order valence-electron chi connectivity index (χ4n) is 3.78. The van der Waals surface area contributed by atoms with Gasteiger partial charge in [-0.2, -0.15) is 0 Å². The van der Waals surface area contributed by atoms with Crippen molar-refractivity contribution in [3.05, 3.63) is 92.3 Å². The number of likely N-dealkylation sites (N-methyl/N-ethyl adjacent to an activating group) is 1. The molecule has 0 bridgehead atoms. The molecule has 0 atom stereocenters. The minimum absolute atomic E-state index is 0.0928. The molecule has 8 heteroatoms. The molecule has 0 radical (unpaired) electrons. The Bertz CT molecular complexity index is 1340. The molecule has 0 N–H and O–H groups in total. The van der Waals surface area contributed by atoms with E-state index in [0.717, 1.165) is 28.8 Å². The van der Waals surface area contributed by atoms with E-state index in [1.807, 2.05) is 55.5 Å². The highest BCUT2D eigenvalue weighted by atomic mass is 35.5. The summed E-state index contributed by atoms with van der Waals surface area (Å²) in [6, 6.07) is 18.8. The maximum Gasteiger partial charge on any atom is 0.266 e. The van der Waals surface area contributed by atoms with Crippen LogP contribution < -0.4 is 9.47 Å². The van der Waals surface area contributed by atoms with Crippen LogP contribution in [-0.4, -0.2) is 29.6 Å². The minimum Gasteiger partial charge on any atom is -0.493 e. The second-order valence-corrected chi connectivity index (χ2v) is 9.79. The van der Waals surface area contributed by atoms with Gasteiger partial charge in [-0.15, -0.1) is 0 Å². The molecule has 36 heavy (non-hydrogen) atoms. The first-order valence-electron chi connectivity index (χ1n) is 11.6. The van der Waals surface area contributed by atoms with Crippen LogP contribution in [0, 0.1) is 0 Å². The quantitative estimate of drug-likeness (QED) is 0.274. The summed E-state index contributed by atoms with van der Waals surface area (Å²) in [7, 11) is 1.58. The molecule has 0 spiro atoms. The number of halogens is 2. The molecule has 0 aliphatic carbocycles. The summed E-state index contributed by atoms with van der Waals surface area (Å²) >= 11 is 13.7. The van der Waals surface area contributed by atoms with Gasteiger partial charge in [0.15, 0.2) is 16.7 Å². The highest BCUT2D eigenvalue weighted by Crippen LogP contribution is 2.39. The average Bonchev–Trinajstić information content (AvgIpc) is 3.17. The van der Waals surface area contributed by atoms with E-state index in [9.17, 15) is 4.79 Å². The van der Waals surface area contributed by atoms with Crippen molar-refractivity contribution in [3.63, 3.8) is 0 Å². The van der Waals surface area contributed by atoms with Crippen LogP contribution in [0.1, 0.15) is 30.5 Å². The second-order valence-electron chi connectivity index (χ2n) is 7.94. The first kappa shape index (κ1) is 26.1. The first-order valence-corrected chi connectivity index (χ1v) is 13.1. The lowest BCUT2D eigenvalue weighted by Gasteiger charge is -2.14. The Labute approximate surface area is 225 Å². The third-order valence-electron chi connectivity index (χ3n) is 5.70. The molecular formula is C28H26Cl2N2O3S. The van der Waals surface area contributed by atoms with E-state index in [2.05, 4.69) is 13.0 Å². The normalized spacial score (nSPS) is 15.7. The minimum atomic E-state index is -0.0928. The predicted octanol–water partition coefficient (Wildman–Crippen LogP) is 7.77. The van der Waals surface area contributed by atoms with Crippen molar-refractivity contribution in [2.24, 2.45) is 4.99 Å². The van der Waals surface area contributed by atoms with Gasteiger partial charge in [0.2, 0.25) is 0 Å². The number of hydrogen-bond acceptors (Lipinski definition) is 5. The van der Waals surface area contributed by atoms with Crippen molar-refractivity contribution in [3.8, 4) is 11.5 Å². The number of amidine groups is 1. The zero-order valence-corrected chi connectivity index (χ0v) is 22.6. The summed E-state index contributed by atoms with van der Waals surface area (Å²) < 4.78 is 11.7. The van der Waals surface area contributed by atoms with Crippen molar-refractivity contribution >= 4 is 57.8 Å². The molecule has 0 unspecified atom stereocenters. The Morgan fingerprint density at radius 1 is 1.03 bits per heavy atom. The Morgan fingerprint density at radius 2 is 1.83 bits per heavy atom. The summed E-state index contributed by atoms with van der Waals surface area (Å²) in [6.45, 7) is 4.77. The van der Waals surface area contributed by atoms with E-state index < -0.39 is 0 Å². The SMILES string of the molecule is CCc1ccccc1N=C1S/C(=C/c2cccc(OC)c2OCc2ccc(Cl)cc2Cl)C(=O)N1CC. The predicted molar refractivity (Wildman–Crippen MR) is 150 cm³/mol. The number of ether oxygens (including phenoxy) is 2. The van der Waals surface area contributed by atoms with Gasteiger partial charge in [-0.1, -0.05) is 66.5 Å². The van der Waals surface area contributed by atoms with Gasteiger partial charge in [0.05, 0.1) is 17.7 Å². The topological polar surface area (TPSA) is 51.1 Å². The molecule has 1 aliphatic rings. The number of hydrogen-bond donors (Lipinski definition) is 0. The van der Waals surface area contributed by atoms with Crippen LogP contribution in [0.2, 0.25) is 10.0 Å². The van der Waals surface area contributed by atoms with E-state index in [1.54, 1.807) is 24.1 Å². The molecule has 186 valence electrons. The Kier molecular flexibility index (Phi) is 8.62. The fraction of sp³-hybridized carbons (Fsp3) is 0.214. The summed E-state index contributed by atoms with van der Waals surface area (Å²) in [5, 5.41) is 1.74. The maximum atomic E-state index is 13.3. The van der Waals surface area contributed by atoms with Crippen molar-refractivity contribution in [2.45, 2.75) is 26.9 Å². The van der Waals surface area contributed by atoms with Crippen molar-refractivity contribution in [2.75, 3.05) is 13.7 Å². The summed E-state index contributed by atoms with van der Waals surface area (Å²) in [5.74, 6) is 0.990. The van der Waals surface area contributed by atoms with Gasteiger partial charge in [-0.3, -0.25) is 9.69 Å². The highest BCUT2D eigenvalue weighted by Gasteiger charge is 2.32. The monoisotopic (exact) mass is 540 g/mol. The molecule has 1 aliphatic heterocycles. The summed E-state index contributed by atoms with van der Waals surface area (Å²) in [5.41, 5.74) is 3.52. The summed E-state index contributed by atoms with van der Waals surface area (Å²) in [6.07, 6.45) is 2.69. The van der Waals surface area contributed by atoms with Crippen molar-refractivity contribution in [1.29, 1.82) is 0 Å². The van der Waals surface area contributed by atoms with Crippen LogP contribution in [0.5, 0.6) is 11.5 Å². The number of aliphatic imine (C=N–C) groups is 1. The molecule has 3 aromatic rings. The van der Waals surface area contributed by atoms with Crippen LogP contribution in [0.25, 0.3) is 6.08 Å². The molecule has 1 amide bonds. The molecule has 3 aromatic carbocycles. The lowest BCUT2D eigenvalue weighted by atomic mass is 10.1. The number of rotatable bonds is 8. The second kappa shape index (κ2) is 11.9. The molecular weight excluding hydrogens is 515 g/mol. The molecule has 1 fully saturated rings. The van der Waals surface area contributed by atoms with Crippen LogP contribution >= 0.6 is 35.0 Å². The summed E-state index contributed by atoms with van der Waals surface area (Å²) in [4.78, 5) is 20.4. The molecule has 1 saturated heterocycles. The van der Waals surface area contributed by atoms with Crippen LogP contribution in [-0.2, 0) is 17.8 Å². The van der Waals surface area contributed by atoms with E-state index in [4.69, 9.17) is 37.7 Å². The van der Waals surface area contributed by atoms with E-state index in [0.29, 0.717) is 38.2 Å². The van der Waals surface area contributed by atoms with Gasteiger partial charge in [-0.25, -0.2) is 4.99 Å². The first-order chi connectivity index (χ1) is 17.4. The number of carbonyl (C=O) groups is 1. The van der Waals surface area contributed by atoms with E-state index in [-0.39, 0.29) is 12.5 Å². The van der Waals surface area contributed by atoms with Gasteiger partial charge in [-0.05, 0) is 61.0 Å². The molecule has 1 heterocycles.